The second-order valence-electron chi connectivity index (χ2n) is 12.0. The van der Waals surface area contributed by atoms with E-state index < -0.39 is 21.9 Å². The molecule has 1 aliphatic rings. The van der Waals surface area contributed by atoms with Crippen LogP contribution in [0, 0.1) is 11.7 Å². The van der Waals surface area contributed by atoms with E-state index in [1.807, 2.05) is 32.2 Å². The van der Waals surface area contributed by atoms with Crippen LogP contribution in [0.5, 0.6) is 5.75 Å². The minimum absolute atomic E-state index is 0.0329. The van der Waals surface area contributed by atoms with Gasteiger partial charge in [0.05, 0.1) is 24.0 Å². The molecule has 0 unspecified atom stereocenters. The number of likely N-dealkylation sites (N-methyl/N-ethyl adjacent to an activating group) is 1. The van der Waals surface area contributed by atoms with Gasteiger partial charge in [-0.25, -0.2) is 12.8 Å². The maximum atomic E-state index is 13.6. The van der Waals surface area contributed by atoms with Gasteiger partial charge in [-0.1, -0.05) is 61.5 Å². The quantitative estimate of drug-likeness (QED) is 0.234. The first-order valence-corrected chi connectivity index (χ1v) is 16.8. The van der Waals surface area contributed by atoms with Gasteiger partial charge in [-0.2, -0.15) is 0 Å². The molecular weight excluding hydrogens is 605 g/mol. The van der Waals surface area contributed by atoms with Crippen LogP contribution in [-0.2, 0) is 27.8 Å². The zero-order valence-electron chi connectivity index (χ0n) is 26.3. The summed E-state index contributed by atoms with van der Waals surface area (Å²) in [5.74, 6) is -0.314. The number of aliphatic hydroxyl groups is 1. The Labute approximate surface area is 270 Å². The minimum Gasteiger partial charge on any atom is -0.488 e. The Bertz CT molecular complexity index is 1730. The standard InChI is InChI=1S/C36H40FN3O5S/c1-25-21-40(26(2)24-41)36(42)20-30-19-32(38-46(43,44)33-16-13-31(37)14-17-33)15-18-34(30)45-35(25)23-39(3)22-27-9-11-29(12-10-27)28-7-5-4-6-8-28/h4-19,25-26,35,38,41H,20-24H2,1-3H3/t25-,26-,35-/m1/s1. The van der Waals surface area contributed by atoms with Gasteiger partial charge in [0.15, 0.2) is 0 Å². The highest BCUT2D eigenvalue weighted by atomic mass is 32.2. The average molecular weight is 646 g/mol. The monoisotopic (exact) mass is 645 g/mol. The Morgan fingerprint density at radius 2 is 1.67 bits per heavy atom. The first-order valence-electron chi connectivity index (χ1n) is 15.3. The Hall–Kier alpha value is -4.25. The number of halogens is 1. The molecular formula is C36H40FN3O5S. The molecule has 0 aliphatic carbocycles. The molecule has 2 N–H and O–H groups in total. The van der Waals surface area contributed by atoms with Crippen molar-refractivity contribution in [2.45, 2.75) is 43.9 Å². The zero-order valence-corrected chi connectivity index (χ0v) is 27.1. The molecule has 3 atom stereocenters. The summed E-state index contributed by atoms with van der Waals surface area (Å²) >= 11 is 0. The molecule has 0 spiro atoms. The third-order valence-corrected chi connectivity index (χ3v) is 9.70. The van der Waals surface area contributed by atoms with Gasteiger partial charge in [-0.3, -0.25) is 14.4 Å². The normalized spacial score (nSPS) is 17.8. The first-order chi connectivity index (χ1) is 22.0. The topological polar surface area (TPSA) is 99.2 Å². The van der Waals surface area contributed by atoms with Gasteiger partial charge < -0.3 is 14.7 Å². The average Bonchev–Trinajstić information content (AvgIpc) is 3.08. The maximum Gasteiger partial charge on any atom is 0.261 e. The molecule has 46 heavy (non-hydrogen) atoms. The highest BCUT2D eigenvalue weighted by molar-refractivity contribution is 7.92. The van der Waals surface area contributed by atoms with Crippen molar-refractivity contribution in [3.8, 4) is 16.9 Å². The number of rotatable bonds is 10. The molecule has 4 aromatic carbocycles. The molecule has 242 valence electrons. The van der Waals surface area contributed by atoms with E-state index in [9.17, 15) is 22.7 Å². The third-order valence-electron chi connectivity index (χ3n) is 8.30. The summed E-state index contributed by atoms with van der Waals surface area (Å²) < 4.78 is 48.5. The van der Waals surface area contributed by atoms with Crippen LogP contribution in [0.4, 0.5) is 10.1 Å². The van der Waals surface area contributed by atoms with Crippen LogP contribution in [0.15, 0.2) is 102 Å². The zero-order chi connectivity index (χ0) is 32.8. The van der Waals surface area contributed by atoms with Crippen LogP contribution >= 0.6 is 0 Å². The number of hydrogen-bond donors (Lipinski definition) is 2. The summed E-state index contributed by atoms with van der Waals surface area (Å²) in [6, 6.07) is 27.7. The maximum absolute atomic E-state index is 13.6. The van der Waals surface area contributed by atoms with Crippen molar-refractivity contribution >= 4 is 21.6 Å². The number of benzene rings is 4. The second-order valence-corrected chi connectivity index (χ2v) is 13.7. The van der Waals surface area contributed by atoms with E-state index in [-0.39, 0.29) is 41.5 Å². The van der Waals surface area contributed by atoms with Crippen molar-refractivity contribution in [2.24, 2.45) is 5.92 Å². The number of amides is 1. The number of hydrogen-bond acceptors (Lipinski definition) is 6. The number of nitrogens with zero attached hydrogens (tertiary/aromatic N) is 2. The van der Waals surface area contributed by atoms with Crippen LogP contribution in [0.1, 0.15) is 25.0 Å². The van der Waals surface area contributed by atoms with Gasteiger partial charge in [-0.05, 0) is 73.1 Å². The molecule has 0 radical (unpaired) electrons. The van der Waals surface area contributed by atoms with E-state index in [0.717, 1.165) is 28.8 Å². The molecule has 4 aromatic rings. The molecule has 1 heterocycles. The van der Waals surface area contributed by atoms with Crippen LogP contribution in [0.25, 0.3) is 11.1 Å². The van der Waals surface area contributed by atoms with Crippen molar-refractivity contribution in [2.75, 3.05) is 31.5 Å². The predicted octanol–water partition coefficient (Wildman–Crippen LogP) is 5.57. The molecule has 0 bridgehead atoms. The van der Waals surface area contributed by atoms with Gasteiger partial charge in [-0.15, -0.1) is 0 Å². The molecule has 0 saturated heterocycles. The fourth-order valence-electron chi connectivity index (χ4n) is 5.66. The lowest BCUT2D eigenvalue weighted by atomic mass is 10.0. The third kappa shape index (κ3) is 8.12. The van der Waals surface area contributed by atoms with Gasteiger partial charge in [0.1, 0.15) is 17.7 Å². The molecule has 1 amide bonds. The van der Waals surface area contributed by atoms with Crippen molar-refractivity contribution < 1.29 is 27.4 Å². The fourth-order valence-corrected chi connectivity index (χ4v) is 6.70. The molecule has 10 heteroatoms. The van der Waals surface area contributed by atoms with Crippen molar-refractivity contribution in [3.05, 3.63) is 114 Å². The summed E-state index contributed by atoms with van der Waals surface area (Å²) in [6.07, 6.45) is -0.345. The number of ether oxygens (including phenoxy) is 1. The van der Waals surface area contributed by atoms with Crippen LogP contribution in [0.2, 0.25) is 0 Å². The van der Waals surface area contributed by atoms with E-state index in [2.05, 4.69) is 46.0 Å². The summed E-state index contributed by atoms with van der Waals surface area (Å²) in [4.78, 5) is 17.3. The SMILES string of the molecule is C[C@@H]1CN([C@H](C)CO)C(=O)Cc2cc(NS(=O)(=O)c3ccc(F)cc3)ccc2O[C@@H]1CN(C)Cc1ccc(-c2ccccc2)cc1. The highest BCUT2D eigenvalue weighted by Gasteiger charge is 2.31. The second kappa shape index (κ2) is 14.5. The number of anilines is 1. The number of fused-ring (bicyclic) bond motifs is 1. The largest absolute Gasteiger partial charge is 0.488 e. The van der Waals surface area contributed by atoms with E-state index in [4.69, 9.17) is 4.74 Å². The summed E-state index contributed by atoms with van der Waals surface area (Å²) in [6.45, 7) is 5.30. The van der Waals surface area contributed by atoms with Crippen LogP contribution in [-0.4, -0.2) is 68.1 Å². The van der Waals surface area contributed by atoms with Crippen molar-refractivity contribution in [1.29, 1.82) is 0 Å². The number of sulfonamides is 1. The summed E-state index contributed by atoms with van der Waals surface area (Å²) in [5, 5.41) is 9.95. The van der Waals surface area contributed by atoms with Gasteiger partial charge in [0, 0.05) is 36.8 Å². The van der Waals surface area contributed by atoms with Crippen LogP contribution < -0.4 is 9.46 Å². The molecule has 0 fully saturated rings. The lowest BCUT2D eigenvalue weighted by molar-refractivity contribution is -0.134. The lowest BCUT2D eigenvalue weighted by Gasteiger charge is -2.34. The van der Waals surface area contributed by atoms with Gasteiger partial charge in [0.25, 0.3) is 10.0 Å². The molecule has 0 saturated carbocycles. The lowest BCUT2D eigenvalue weighted by Crippen LogP contribution is -2.47. The number of nitrogens with one attached hydrogen (secondary N) is 1. The van der Waals surface area contributed by atoms with Crippen molar-refractivity contribution in [3.63, 3.8) is 0 Å². The Morgan fingerprint density at radius 1 is 1.00 bits per heavy atom. The van der Waals surface area contributed by atoms with Gasteiger partial charge in [0.2, 0.25) is 5.91 Å². The summed E-state index contributed by atoms with van der Waals surface area (Å²) in [5.41, 5.74) is 4.25. The van der Waals surface area contributed by atoms with E-state index >= 15 is 0 Å². The number of aliphatic hydroxyl groups excluding tert-OH is 1. The molecule has 8 nitrogen and oxygen atoms in total. The van der Waals surface area contributed by atoms with E-state index in [1.54, 1.807) is 30.0 Å². The van der Waals surface area contributed by atoms with Crippen molar-refractivity contribution in [1.82, 2.24) is 9.80 Å². The molecule has 1 aliphatic heterocycles. The Morgan fingerprint density at radius 3 is 2.35 bits per heavy atom. The molecule has 5 rings (SSSR count). The summed E-state index contributed by atoms with van der Waals surface area (Å²) in [7, 11) is -1.97. The highest BCUT2D eigenvalue weighted by Crippen LogP contribution is 2.30. The van der Waals surface area contributed by atoms with Crippen LogP contribution in [0.3, 0.4) is 0 Å². The minimum atomic E-state index is -4.00. The smallest absolute Gasteiger partial charge is 0.261 e. The van der Waals surface area contributed by atoms with E-state index in [0.29, 0.717) is 30.9 Å². The Balaban J connectivity index is 1.37. The number of carbonyl (C=O) groups is 1. The predicted molar refractivity (Wildman–Crippen MR) is 177 cm³/mol. The first kappa shape index (κ1) is 33.1. The van der Waals surface area contributed by atoms with Gasteiger partial charge >= 0.3 is 0 Å². The fraction of sp³-hybridized carbons (Fsp3) is 0.306. The van der Waals surface area contributed by atoms with E-state index in [1.165, 1.54) is 12.1 Å². The Kier molecular flexibility index (Phi) is 10.4. The number of carbonyl (C=O) groups excluding carboxylic acids is 1. The molecule has 0 aromatic heterocycles.